The van der Waals surface area contributed by atoms with Crippen LogP contribution in [0.4, 0.5) is 0 Å². The maximum atomic E-state index is 13.1. The van der Waals surface area contributed by atoms with Gasteiger partial charge in [-0.3, -0.25) is 4.79 Å². The molecule has 0 amide bonds. The summed E-state index contributed by atoms with van der Waals surface area (Å²) < 4.78 is 31.1. The monoisotopic (exact) mass is 528 g/mol. The fourth-order valence-electron chi connectivity index (χ4n) is 7.18. The highest BCUT2D eigenvalue weighted by Crippen LogP contribution is 2.64. The Balaban J connectivity index is 1.15. The number of rotatable bonds is 7. The van der Waals surface area contributed by atoms with Crippen LogP contribution >= 0.6 is 0 Å². The third kappa shape index (κ3) is 3.80. The molecule has 37 heavy (non-hydrogen) atoms. The summed E-state index contributed by atoms with van der Waals surface area (Å²) in [4.78, 5) is 25.0. The molecule has 1 aliphatic heterocycles. The van der Waals surface area contributed by atoms with Crippen LogP contribution in [0.5, 0.6) is 0 Å². The predicted octanol–water partition coefficient (Wildman–Crippen LogP) is 2.63. The van der Waals surface area contributed by atoms with E-state index in [4.69, 9.17) is 0 Å². The Hall–Kier alpha value is -2.50. The first-order valence-electron chi connectivity index (χ1n) is 13.3. The van der Waals surface area contributed by atoms with E-state index in [-0.39, 0.29) is 22.9 Å². The number of hydrogen-bond acceptors (Lipinski definition) is 7. The molecular weight excluding hydrogens is 492 g/mol. The molecule has 3 N–H and O–H groups in total. The van der Waals surface area contributed by atoms with Crippen molar-refractivity contribution in [3.63, 3.8) is 0 Å². The molecule has 10 nitrogen and oxygen atoms in total. The zero-order valence-corrected chi connectivity index (χ0v) is 22.5. The van der Waals surface area contributed by atoms with Crippen LogP contribution in [0.25, 0.3) is 22.1 Å². The van der Waals surface area contributed by atoms with Crippen LogP contribution in [0, 0.1) is 22.7 Å². The standard InChI is InChI=1S/C26H36N6O4S/c1-16(33)24-30-20-14-28-23-19(5-9-27-23)22(20)32(24)31-10-6-17(7-11-31)13-29-37(35,36)15-26-8-4-18(12-21(26)34)25(26,2)3/h5,9,14,16-18,29,33H,4,6-8,10-13,15H2,1-3H3,(H,27,28). The first-order chi connectivity index (χ1) is 17.5. The molecule has 2 bridgehead atoms. The van der Waals surface area contributed by atoms with Crippen LogP contribution in [0.1, 0.15) is 64.8 Å². The highest BCUT2D eigenvalue weighted by molar-refractivity contribution is 7.89. The average molecular weight is 529 g/mol. The normalized spacial score (nSPS) is 27.1. The summed E-state index contributed by atoms with van der Waals surface area (Å²) in [6.07, 6.45) is 6.57. The zero-order chi connectivity index (χ0) is 26.2. The molecule has 11 heteroatoms. The van der Waals surface area contributed by atoms with Crippen molar-refractivity contribution in [2.24, 2.45) is 22.7 Å². The number of carbonyl (C=O) groups excluding carboxylic acids is 1. The Morgan fingerprint density at radius 3 is 2.68 bits per heavy atom. The molecule has 2 aliphatic carbocycles. The van der Waals surface area contributed by atoms with E-state index < -0.39 is 21.5 Å². The minimum Gasteiger partial charge on any atom is -0.385 e. The molecule has 3 aromatic heterocycles. The number of pyridine rings is 1. The van der Waals surface area contributed by atoms with E-state index in [1.807, 2.05) is 16.9 Å². The number of nitrogens with zero attached hydrogens (tertiary/aromatic N) is 4. The molecule has 4 heterocycles. The number of Topliss-reactive ketones (excluding diaryl/α,β-unsaturated/α-hetero) is 1. The maximum absolute atomic E-state index is 13.1. The molecular formula is C26H36N6O4S. The molecule has 0 aromatic carbocycles. The quantitative estimate of drug-likeness (QED) is 0.429. The Labute approximate surface area is 216 Å². The summed E-state index contributed by atoms with van der Waals surface area (Å²) in [7, 11) is -3.58. The van der Waals surface area contributed by atoms with Crippen molar-refractivity contribution in [3.8, 4) is 0 Å². The Morgan fingerprint density at radius 1 is 1.27 bits per heavy atom. The number of hydrogen-bond donors (Lipinski definition) is 3. The largest absolute Gasteiger partial charge is 0.385 e. The SMILES string of the molecule is CC(O)c1nc2cnc3[nH]ccc3c2n1N1CCC(CNS(=O)(=O)CC23CCC(CC2=O)C3(C)C)CC1. The fraction of sp³-hybridized carbons (Fsp3) is 0.654. The molecule has 3 atom stereocenters. The number of ketones is 1. The van der Waals surface area contributed by atoms with Gasteiger partial charge in [0.1, 0.15) is 28.6 Å². The number of aliphatic hydroxyl groups excluding tert-OH is 1. The van der Waals surface area contributed by atoms with Gasteiger partial charge in [0, 0.05) is 43.1 Å². The molecule has 3 fully saturated rings. The van der Waals surface area contributed by atoms with Crippen LogP contribution in [-0.2, 0) is 14.8 Å². The zero-order valence-electron chi connectivity index (χ0n) is 21.7. The highest BCUT2D eigenvalue weighted by Gasteiger charge is 2.65. The topological polar surface area (TPSA) is 133 Å². The summed E-state index contributed by atoms with van der Waals surface area (Å²) in [5.74, 6) is 1.10. The van der Waals surface area contributed by atoms with Gasteiger partial charge in [0.2, 0.25) is 10.0 Å². The van der Waals surface area contributed by atoms with E-state index in [0.29, 0.717) is 44.2 Å². The summed E-state index contributed by atoms with van der Waals surface area (Å²) in [5.41, 5.74) is 1.41. The lowest BCUT2D eigenvalue weighted by atomic mass is 9.70. The van der Waals surface area contributed by atoms with Crippen LogP contribution in [0.15, 0.2) is 18.5 Å². The summed E-state index contributed by atoms with van der Waals surface area (Å²) in [6.45, 7) is 7.65. The number of carbonyl (C=O) groups is 1. The summed E-state index contributed by atoms with van der Waals surface area (Å²) in [5, 5.41) is 13.6. The minimum absolute atomic E-state index is 0.0966. The van der Waals surface area contributed by atoms with Crippen molar-refractivity contribution in [3.05, 3.63) is 24.3 Å². The number of aliphatic hydroxyl groups is 1. The maximum Gasteiger partial charge on any atom is 0.212 e. The number of fused-ring (bicyclic) bond motifs is 5. The van der Waals surface area contributed by atoms with Gasteiger partial charge in [0.25, 0.3) is 0 Å². The predicted molar refractivity (Wildman–Crippen MR) is 141 cm³/mol. The van der Waals surface area contributed by atoms with E-state index in [0.717, 1.165) is 41.3 Å². The molecule has 200 valence electrons. The Bertz CT molecular complexity index is 1470. The number of imidazole rings is 1. The van der Waals surface area contributed by atoms with E-state index in [1.165, 1.54) is 0 Å². The van der Waals surface area contributed by atoms with E-state index in [1.54, 1.807) is 13.1 Å². The second-order valence-electron chi connectivity index (χ2n) is 11.9. The molecule has 3 unspecified atom stereocenters. The van der Waals surface area contributed by atoms with Gasteiger partial charge in [0.15, 0.2) is 5.82 Å². The average Bonchev–Trinajstić information content (AvgIpc) is 3.57. The lowest BCUT2D eigenvalue weighted by molar-refractivity contribution is -0.128. The number of piperidine rings is 1. The molecule has 1 saturated heterocycles. The second kappa shape index (κ2) is 8.51. The number of sulfonamides is 1. The number of H-pyrrole nitrogens is 1. The smallest absolute Gasteiger partial charge is 0.212 e. The van der Waals surface area contributed by atoms with Gasteiger partial charge in [-0.25, -0.2) is 27.8 Å². The minimum atomic E-state index is -3.58. The van der Waals surface area contributed by atoms with Crippen LogP contribution in [0.2, 0.25) is 0 Å². The first kappa shape index (κ1) is 24.8. The van der Waals surface area contributed by atoms with E-state index in [2.05, 4.69) is 38.5 Å². The Morgan fingerprint density at radius 2 is 2.03 bits per heavy atom. The first-order valence-corrected chi connectivity index (χ1v) is 15.0. The van der Waals surface area contributed by atoms with Gasteiger partial charge in [-0.15, -0.1) is 0 Å². The third-order valence-electron chi connectivity index (χ3n) is 9.62. The number of nitrogens with one attached hydrogen (secondary N) is 2. The summed E-state index contributed by atoms with van der Waals surface area (Å²) in [6, 6.07) is 1.97. The molecule has 3 aliphatic rings. The highest BCUT2D eigenvalue weighted by atomic mass is 32.2. The summed E-state index contributed by atoms with van der Waals surface area (Å²) >= 11 is 0. The Kier molecular flexibility index (Phi) is 5.70. The molecule has 2 saturated carbocycles. The van der Waals surface area contributed by atoms with Crippen molar-refractivity contribution in [2.45, 2.75) is 59.0 Å². The van der Waals surface area contributed by atoms with Gasteiger partial charge in [-0.2, -0.15) is 0 Å². The third-order valence-corrected chi connectivity index (χ3v) is 11.1. The molecule has 3 aromatic rings. The lowest BCUT2D eigenvalue weighted by Crippen LogP contribution is -2.47. The van der Waals surface area contributed by atoms with Crippen LogP contribution < -0.4 is 9.73 Å². The molecule has 0 spiro atoms. The van der Waals surface area contributed by atoms with Crippen molar-refractivity contribution >= 4 is 37.9 Å². The van der Waals surface area contributed by atoms with Crippen LogP contribution in [0.3, 0.4) is 0 Å². The van der Waals surface area contributed by atoms with E-state index >= 15 is 0 Å². The lowest BCUT2D eigenvalue weighted by Gasteiger charge is -2.37. The van der Waals surface area contributed by atoms with Crippen molar-refractivity contribution in [1.29, 1.82) is 0 Å². The van der Waals surface area contributed by atoms with Gasteiger partial charge in [0.05, 0.1) is 11.9 Å². The van der Waals surface area contributed by atoms with E-state index in [9.17, 15) is 18.3 Å². The molecule has 6 rings (SSSR count). The van der Waals surface area contributed by atoms with Gasteiger partial charge < -0.3 is 15.1 Å². The van der Waals surface area contributed by atoms with Gasteiger partial charge in [-0.1, -0.05) is 13.8 Å². The van der Waals surface area contributed by atoms with Crippen LogP contribution in [-0.4, -0.2) is 64.3 Å². The van der Waals surface area contributed by atoms with Crippen molar-refractivity contribution in [1.82, 2.24) is 24.4 Å². The number of aromatic nitrogens is 4. The van der Waals surface area contributed by atoms with Gasteiger partial charge >= 0.3 is 0 Å². The molecule has 0 radical (unpaired) electrons. The van der Waals surface area contributed by atoms with Gasteiger partial charge in [-0.05, 0) is 55.9 Å². The van der Waals surface area contributed by atoms with Crippen molar-refractivity contribution in [2.75, 3.05) is 30.4 Å². The van der Waals surface area contributed by atoms with Crippen molar-refractivity contribution < 1.29 is 18.3 Å². The second-order valence-corrected chi connectivity index (χ2v) is 13.7. The number of aromatic amines is 1. The fourth-order valence-corrected chi connectivity index (χ4v) is 9.10.